The highest BCUT2D eigenvalue weighted by atomic mass is 16.5. The van der Waals surface area contributed by atoms with Crippen LogP contribution in [-0.4, -0.2) is 4.98 Å². The minimum atomic E-state index is 0.736. The second-order valence-electron chi connectivity index (χ2n) is 5.02. The molecule has 1 aromatic heterocycles. The maximum absolute atomic E-state index is 6.26. The first-order valence-corrected chi connectivity index (χ1v) is 7.11. The molecule has 0 aliphatic rings. The van der Waals surface area contributed by atoms with Crippen LogP contribution in [0.15, 0.2) is 48.5 Å². The molecule has 0 fully saturated rings. The Hall–Kier alpha value is -2.55. The van der Waals surface area contributed by atoms with E-state index in [1.807, 2.05) is 55.5 Å². The van der Waals surface area contributed by atoms with Crippen molar-refractivity contribution in [1.29, 1.82) is 0 Å². The fourth-order valence-electron chi connectivity index (χ4n) is 2.47. The molecule has 2 aromatic carbocycles. The van der Waals surface area contributed by atoms with Crippen LogP contribution in [0.2, 0.25) is 0 Å². The number of hydrogen-bond donors (Lipinski definition) is 1. The van der Waals surface area contributed by atoms with E-state index in [0.29, 0.717) is 0 Å². The number of aromatic nitrogens is 1. The molecule has 0 bridgehead atoms. The van der Waals surface area contributed by atoms with Gasteiger partial charge in [-0.1, -0.05) is 37.3 Å². The third-order valence-corrected chi connectivity index (χ3v) is 3.68. The van der Waals surface area contributed by atoms with Crippen molar-refractivity contribution in [2.75, 3.05) is 5.73 Å². The molecule has 0 aliphatic carbocycles. The smallest absolute Gasteiger partial charge is 0.153 e. The summed E-state index contributed by atoms with van der Waals surface area (Å²) in [5.74, 6) is 1.53. The average molecular weight is 278 g/mol. The summed E-state index contributed by atoms with van der Waals surface area (Å²) in [5.41, 5.74) is 9.94. The summed E-state index contributed by atoms with van der Waals surface area (Å²) in [6.45, 7) is 4.10. The zero-order valence-electron chi connectivity index (χ0n) is 12.3. The summed E-state index contributed by atoms with van der Waals surface area (Å²) < 4.78 is 5.97. The van der Waals surface area contributed by atoms with Gasteiger partial charge in [-0.25, -0.2) is 4.98 Å². The van der Waals surface area contributed by atoms with Crippen LogP contribution in [0.1, 0.15) is 18.2 Å². The largest absolute Gasteiger partial charge is 0.455 e. The molecule has 0 radical (unpaired) electrons. The highest BCUT2D eigenvalue weighted by molar-refractivity contribution is 5.95. The molecule has 3 heteroatoms. The Morgan fingerprint density at radius 2 is 1.81 bits per heavy atom. The fourth-order valence-corrected chi connectivity index (χ4v) is 2.47. The number of para-hydroxylation sites is 2. The van der Waals surface area contributed by atoms with E-state index in [-0.39, 0.29) is 0 Å². The number of ether oxygens (including phenoxy) is 1. The predicted octanol–water partition coefficient (Wildman–Crippen LogP) is 4.48. The normalized spacial score (nSPS) is 10.8. The van der Waals surface area contributed by atoms with E-state index in [2.05, 4.69) is 6.92 Å². The van der Waals surface area contributed by atoms with Gasteiger partial charge in [0.05, 0.1) is 0 Å². The van der Waals surface area contributed by atoms with Crippen molar-refractivity contribution in [2.24, 2.45) is 0 Å². The molecule has 1 heterocycles. The van der Waals surface area contributed by atoms with Crippen LogP contribution >= 0.6 is 0 Å². The van der Waals surface area contributed by atoms with Crippen molar-refractivity contribution in [3.63, 3.8) is 0 Å². The lowest BCUT2D eigenvalue weighted by Gasteiger charge is -2.13. The third kappa shape index (κ3) is 2.42. The Labute approximate surface area is 124 Å². The lowest BCUT2D eigenvalue weighted by Crippen LogP contribution is -2.01. The molecule has 21 heavy (non-hydrogen) atoms. The highest BCUT2D eigenvalue weighted by Crippen LogP contribution is 2.33. The van der Waals surface area contributed by atoms with Crippen LogP contribution < -0.4 is 10.5 Å². The number of rotatable bonds is 3. The van der Waals surface area contributed by atoms with Gasteiger partial charge >= 0.3 is 0 Å². The van der Waals surface area contributed by atoms with Crippen molar-refractivity contribution >= 4 is 16.6 Å². The molecule has 2 N–H and O–H groups in total. The number of nitrogen functional groups attached to an aromatic ring is 1. The Kier molecular flexibility index (Phi) is 3.48. The van der Waals surface area contributed by atoms with E-state index < -0.39 is 0 Å². The average Bonchev–Trinajstić information content (AvgIpc) is 2.52. The summed E-state index contributed by atoms with van der Waals surface area (Å²) in [7, 11) is 0. The highest BCUT2D eigenvalue weighted by Gasteiger charge is 2.12. The Morgan fingerprint density at radius 1 is 1.05 bits per heavy atom. The first kappa shape index (κ1) is 13.4. The topological polar surface area (TPSA) is 48.1 Å². The Morgan fingerprint density at radius 3 is 2.52 bits per heavy atom. The van der Waals surface area contributed by atoms with Crippen LogP contribution in [0.4, 0.5) is 5.69 Å². The minimum Gasteiger partial charge on any atom is -0.455 e. The summed E-state index contributed by atoms with van der Waals surface area (Å²) in [6.07, 6.45) is 0.853. The predicted molar refractivity (Wildman–Crippen MR) is 86.8 cm³/mol. The molecule has 0 aliphatic heterocycles. The van der Waals surface area contributed by atoms with Crippen molar-refractivity contribution in [1.82, 2.24) is 4.98 Å². The third-order valence-electron chi connectivity index (χ3n) is 3.68. The molecule has 3 aromatic rings. The van der Waals surface area contributed by atoms with E-state index >= 15 is 0 Å². The van der Waals surface area contributed by atoms with Crippen molar-refractivity contribution in [3.8, 4) is 11.5 Å². The lowest BCUT2D eigenvalue weighted by atomic mass is 10.1. The number of fused-ring (bicyclic) bond motifs is 1. The fraction of sp³-hybridized carbons (Fsp3) is 0.167. The van der Waals surface area contributed by atoms with E-state index in [1.165, 1.54) is 0 Å². The van der Waals surface area contributed by atoms with E-state index in [9.17, 15) is 0 Å². The number of hydrogen-bond acceptors (Lipinski definition) is 3. The molecule has 0 amide bonds. The van der Waals surface area contributed by atoms with Crippen molar-refractivity contribution < 1.29 is 4.74 Å². The van der Waals surface area contributed by atoms with Crippen LogP contribution in [0, 0.1) is 6.92 Å². The molecular weight excluding hydrogens is 260 g/mol. The van der Waals surface area contributed by atoms with Gasteiger partial charge in [-0.15, -0.1) is 0 Å². The second kappa shape index (κ2) is 5.44. The van der Waals surface area contributed by atoms with Crippen LogP contribution in [0.25, 0.3) is 10.9 Å². The van der Waals surface area contributed by atoms with Crippen LogP contribution in [0.5, 0.6) is 11.5 Å². The number of pyridine rings is 1. The lowest BCUT2D eigenvalue weighted by molar-refractivity contribution is 0.487. The minimum absolute atomic E-state index is 0.736. The van der Waals surface area contributed by atoms with Gasteiger partial charge < -0.3 is 10.5 Å². The zero-order valence-corrected chi connectivity index (χ0v) is 12.3. The molecule has 0 saturated heterocycles. The first-order chi connectivity index (χ1) is 10.2. The number of anilines is 1. The molecule has 0 saturated carbocycles. The number of aryl methyl sites for hydroxylation is 1. The van der Waals surface area contributed by atoms with Gasteiger partial charge in [0.15, 0.2) is 5.75 Å². The summed E-state index contributed by atoms with van der Waals surface area (Å²) in [6, 6.07) is 15.6. The summed E-state index contributed by atoms with van der Waals surface area (Å²) in [4.78, 5) is 4.75. The summed E-state index contributed by atoms with van der Waals surface area (Å²) in [5, 5.41) is 0.943. The number of nitrogens with zero attached hydrogens (tertiary/aromatic N) is 1. The molecule has 3 rings (SSSR count). The molecule has 0 atom stereocenters. The monoisotopic (exact) mass is 278 g/mol. The van der Waals surface area contributed by atoms with Gasteiger partial charge in [0.1, 0.15) is 11.3 Å². The summed E-state index contributed by atoms with van der Waals surface area (Å²) >= 11 is 0. The molecule has 0 unspecified atom stereocenters. The quantitative estimate of drug-likeness (QED) is 0.768. The maximum Gasteiger partial charge on any atom is 0.153 e. The van der Waals surface area contributed by atoms with Crippen molar-refractivity contribution in [2.45, 2.75) is 20.3 Å². The number of benzene rings is 2. The zero-order chi connectivity index (χ0) is 14.8. The molecule has 3 nitrogen and oxygen atoms in total. The molecule has 106 valence electrons. The van der Waals surface area contributed by atoms with E-state index in [1.54, 1.807) is 0 Å². The van der Waals surface area contributed by atoms with Gasteiger partial charge in [0.25, 0.3) is 0 Å². The van der Waals surface area contributed by atoms with Crippen molar-refractivity contribution in [3.05, 3.63) is 59.8 Å². The van der Waals surface area contributed by atoms with Crippen LogP contribution in [-0.2, 0) is 6.42 Å². The van der Waals surface area contributed by atoms with E-state index in [4.69, 9.17) is 15.5 Å². The van der Waals surface area contributed by atoms with Gasteiger partial charge in [0, 0.05) is 16.8 Å². The molecule has 0 spiro atoms. The maximum atomic E-state index is 6.26. The van der Waals surface area contributed by atoms with Crippen LogP contribution in [0.3, 0.4) is 0 Å². The number of nitrogens with two attached hydrogens (primary N) is 1. The Balaban J connectivity index is 2.17. The van der Waals surface area contributed by atoms with Gasteiger partial charge in [-0.3, -0.25) is 0 Å². The van der Waals surface area contributed by atoms with Gasteiger partial charge in [0.2, 0.25) is 0 Å². The first-order valence-electron chi connectivity index (χ1n) is 7.11. The second-order valence-corrected chi connectivity index (χ2v) is 5.02. The van der Waals surface area contributed by atoms with Gasteiger partial charge in [-0.05, 0) is 37.1 Å². The van der Waals surface area contributed by atoms with Gasteiger partial charge in [-0.2, -0.15) is 0 Å². The molecular formula is C18H18N2O. The Bertz CT molecular complexity index is 782. The standard InChI is InChI=1S/C18H18N2O/c1-3-15-12(2)17(19)14-10-7-11-16(18(14)20-15)21-13-8-5-4-6-9-13/h4-11H,3H2,1-2H3,(H2,19,20). The SMILES string of the molecule is CCc1nc2c(Oc3ccccc3)cccc2c(N)c1C. The van der Waals surface area contributed by atoms with E-state index in [0.717, 1.165) is 45.8 Å².